The third-order valence-electron chi connectivity index (χ3n) is 4.93. The third kappa shape index (κ3) is 5.09. The molecule has 0 unspecified atom stereocenters. The van der Waals surface area contributed by atoms with Crippen molar-refractivity contribution in [2.24, 2.45) is 0 Å². The maximum atomic E-state index is 12.7. The molecule has 0 amide bonds. The SMILES string of the molecule is COc1ccccc1S(=O)(=O)Nc1ccc(Nc2cc(N3CCOCC3)nc(C)n2)cc1. The number of nitrogens with one attached hydrogen (secondary N) is 2. The monoisotopic (exact) mass is 455 g/mol. The number of ether oxygens (including phenoxy) is 2. The van der Waals surface area contributed by atoms with Gasteiger partial charge in [0.15, 0.2) is 0 Å². The molecular formula is C22H25N5O4S. The lowest BCUT2D eigenvalue weighted by Crippen LogP contribution is -2.36. The number of nitrogens with zero attached hydrogens (tertiary/aromatic N) is 3. The highest BCUT2D eigenvalue weighted by atomic mass is 32.2. The Bertz CT molecular complexity index is 1180. The first kappa shape index (κ1) is 21.8. The summed E-state index contributed by atoms with van der Waals surface area (Å²) in [6, 6.07) is 15.3. The van der Waals surface area contributed by atoms with Gasteiger partial charge >= 0.3 is 0 Å². The van der Waals surface area contributed by atoms with Crippen LogP contribution in [0, 0.1) is 6.92 Å². The number of benzene rings is 2. The lowest BCUT2D eigenvalue weighted by Gasteiger charge is -2.28. The predicted octanol–water partition coefficient (Wildman–Crippen LogP) is 3.17. The van der Waals surface area contributed by atoms with Crippen molar-refractivity contribution in [1.29, 1.82) is 0 Å². The third-order valence-corrected chi connectivity index (χ3v) is 6.35. The molecule has 4 rings (SSSR count). The number of morpholine rings is 1. The smallest absolute Gasteiger partial charge is 0.265 e. The molecule has 168 valence electrons. The highest BCUT2D eigenvalue weighted by Gasteiger charge is 2.19. The molecule has 32 heavy (non-hydrogen) atoms. The van der Waals surface area contributed by atoms with Gasteiger partial charge in [0.05, 0.1) is 20.3 Å². The number of methoxy groups -OCH3 is 1. The van der Waals surface area contributed by atoms with Gasteiger partial charge in [-0.25, -0.2) is 18.4 Å². The van der Waals surface area contributed by atoms with Gasteiger partial charge in [-0.2, -0.15) is 0 Å². The van der Waals surface area contributed by atoms with Crippen LogP contribution in [0.3, 0.4) is 0 Å². The van der Waals surface area contributed by atoms with E-state index in [1.54, 1.807) is 42.5 Å². The van der Waals surface area contributed by atoms with Crippen LogP contribution in [0.5, 0.6) is 5.75 Å². The minimum Gasteiger partial charge on any atom is -0.495 e. The average Bonchev–Trinajstić information content (AvgIpc) is 2.80. The molecule has 0 radical (unpaired) electrons. The Morgan fingerprint density at radius 3 is 2.41 bits per heavy atom. The summed E-state index contributed by atoms with van der Waals surface area (Å²) in [6.45, 7) is 4.79. The summed E-state index contributed by atoms with van der Waals surface area (Å²) in [5.41, 5.74) is 1.21. The fourth-order valence-electron chi connectivity index (χ4n) is 3.39. The van der Waals surface area contributed by atoms with Gasteiger partial charge in [-0.05, 0) is 43.3 Å². The Morgan fingerprint density at radius 2 is 1.69 bits per heavy atom. The molecule has 1 aliphatic heterocycles. The van der Waals surface area contributed by atoms with Crippen molar-refractivity contribution in [1.82, 2.24) is 9.97 Å². The van der Waals surface area contributed by atoms with Crippen LogP contribution in [0.2, 0.25) is 0 Å². The molecule has 2 heterocycles. The van der Waals surface area contributed by atoms with E-state index in [-0.39, 0.29) is 10.6 Å². The van der Waals surface area contributed by atoms with Crippen molar-refractivity contribution in [3.63, 3.8) is 0 Å². The molecule has 0 bridgehead atoms. The van der Waals surface area contributed by atoms with Gasteiger partial charge in [-0.1, -0.05) is 12.1 Å². The second-order valence-electron chi connectivity index (χ2n) is 7.22. The van der Waals surface area contributed by atoms with Crippen LogP contribution in [0.25, 0.3) is 0 Å². The van der Waals surface area contributed by atoms with Gasteiger partial charge in [0.2, 0.25) is 0 Å². The van der Waals surface area contributed by atoms with Gasteiger partial charge in [0.1, 0.15) is 28.1 Å². The van der Waals surface area contributed by atoms with Crippen molar-refractivity contribution in [2.45, 2.75) is 11.8 Å². The Morgan fingerprint density at radius 1 is 1.00 bits per heavy atom. The lowest BCUT2D eigenvalue weighted by molar-refractivity contribution is 0.122. The van der Waals surface area contributed by atoms with Gasteiger partial charge < -0.3 is 19.7 Å². The molecule has 9 nitrogen and oxygen atoms in total. The Hall–Kier alpha value is -3.37. The first-order chi connectivity index (χ1) is 15.4. The van der Waals surface area contributed by atoms with Crippen LogP contribution in [-0.2, 0) is 14.8 Å². The number of aromatic nitrogens is 2. The summed E-state index contributed by atoms with van der Waals surface area (Å²) in [6.07, 6.45) is 0. The minimum atomic E-state index is -3.78. The summed E-state index contributed by atoms with van der Waals surface area (Å²) in [5, 5.41) is 3.26. The standard InChI is InChI=1S/C22H25N5O4S/c1-16-23-21(15-22(24-16)27-11-13-31-14-12-27)25-17-7-9-18(10-8-17)26-32(28,29)20-6-4-3-5-19(20)30-2/h3-10,15,26H,11-14H2,1-2H3,(H,23,24,25). The second kappa shape index (κ2) is 9.41. The summed E-state index contributed by atoms with van der Waals surface area (Å²) in [5.74, 6) is 2.47. The number of rotatable bonds is 7. The maximum Gasteiger partial charge on any atom is 0.265 e. The molecule has 1 fully saturated rings. The molecule has 0 aliphatic carbocycles. The molecule has 1 aromatic heterocycles. The van der Waals surface area contributed by atoms with E-state index in [0.717, 1.165) is 24.6 Å². The van der Waals surface area contributed by atoms with E-state index in [1.807, 2.05) is 13.0 Å². The molecule has 10 heteroatoms. The van der Waals surface area contributed by atoms with Crippen molar-refractivity contribution in [3.05, 3.63) is 60.4 Å². The van der Waals surface area contributed by atoms with Gasteiger partial charge in [-0.3, -0.25) is 4.72 Å². The van der Waals surface area contributed by atoms with Crippen molar-refractivity contribution in [2.75, 3.05) is 48.4 Å². The van der Waals surface area contributed by atoms with Gasteiger partial charge in [-0.15, -0.1) is 0 Å². The van der Waals surface area contributed by atoms with E-state index in [0.29, 0.717) is 30.5 Å². The fraction of sp³-hybridized carbons (Fsp3) is 0.273. The van der Waals surface area contributed by atoms with Crippen LogP contribution >= 0.6 is 0 Å². The molecule has 2 N–H and O–H groups in total. The van der Waals surface area contributed by atoms with Crippen LogP contribution in [0.15, 0.2) is 59.5 Å². The minimum absolute atomic E-state index is 0.0804. The number of hydrogen-bond acceptors (Lipinski definition) is 8. The number of anilines is 4. The van der Waals surface area contributed by atoms with Crippen LogP contribution in [-0.4, -0.2) is 51.8 Å². The Labute approximate surface area is 187 Å². The van der Waals surface area contributed by atoms with Crippen LogP contribution in [0.1, 0.15) is 5.82 Å². The fourth-order valence-corrected chi connectivity index (χ4v) is 4.62. The van der Waals surface area contributed by atoms with E-state index in [1.165, 1.54) is 13.2 Å². The first-order valence-corrected chi connectivity index (χ1v) is 11.6. The summed E-state index contributed by atoms with van der Waals surface area (Å²) in [4.78, 5) is 11.2. The van der Waals surface area contributed by atoms with Gasteiger partial charge in [0.25, 0.3) is 10.0 Å². The van der Waals surface area contributed by atoms with E-state index in [2.05, 4.69) is 24.9 Å². The van der Waals surface area contributed by atoms with Crippen LogP contribution < -0.4 is 19.7 Å². The number of sulfonamides is 1. The van der Waals surface area contributed by atoms with Crippen LogP contribution in [0.4, 0.5) is 23.0 Å². The van der Waals surface area contributed by atoms with Crippen molar-refractivity contribution in [3.8, 4) is 5.75 Å². The summed E-state index contributed by atoms with van der Waals surface area (Å²) in [7, 11) is -2.34. The van der Waals surface area contributed by atoms with E-state index in [4.69, 9.17) is 9.47 Å². The Balaban J connectivity index is 1.48. The zero-order valence-electron chi connectivity index (χ0n) is 17.9. The largest absolute Gasteiger partial charge is 0.495 e. The van der Waals surface area contributed by atoms with E-state index in [9.17, 15) is 8.42 Å². The molecule has 0 atom stereocenters. The topological polar surface area (TPSA) is 106 Å². The van der Waals surface area contributed by atoms with Crippen molar-refractivity contribution >= 4 is 33.0 Å². The van der Waals surface area contributed by atoms with E-state index >= 15 is 0 Å². The van der Waals surface area contributed by atoms with E-state index < -0.39 is 10.0 Å². The van der Waals surface area contributed by atoms with Crippen molar-refractivity contribution < 1.29 is 17.9 Å². The molecule has 1 saturated heterocycles. The number of para-hydroxylation sites is 1. The highest BCUT2D eigenvalue weighted by molar-refractivity contribution is 7.92. The number of hydrogen-bond donors (Lipinski definition) is 2. The Kier molecular flexibility index (Phi) is 6.42. The molecule has 2 aromatic carbocycles. The highest BCUT2D eigenvalue weighted by Crippen LogP contribution is 2.26. The molecule has 0 saturated carbocycles. The second-order valence-corrected chi connectivity index (χ2v) is 8.87. The zero-order valence-corrected chi connectivity index (χ0v) is 18.7. The summed E-state index contributed by atoms with van der Waals surface area (Å²) < 4.78 is 38.6. The number of aryl methyl sites for hydroxylation is 1. The molecule has 3 aromatic rings. The first-order valence-electron chi connectivity index (χ1n) is 10.2. The molecular weight excluding hydrogens is 430 g/mol. The predicted molar refractivity (Wildman–Crippen MR) is 123 cm³/mol. The van der Waals surface area contributed by atoms with Gasteiger partial charge in [0, 0.05) is 30.5 Å². The zero-order chi connectivity index (χ0) is 22.6. The quantitative estimate of drug-likeness (QED) is 0.560. The normalized spacial score (nSPS) is 14.1. The summed E-state index contributed by atoms with van der Waals surface area (Å²) >= 11 is 0. The molecule has 1 aliphatic rings. The molecule has 0 spiro atoms. The average molecular weight is 456 g/mol. The maximum absolute atomic E-state index is 12.7. The lowest BCUT2D eigenvalue weighted by atomic mass is 10.3.